The van der Waals surface area contributed by atoms with Gasteiger partial charge in [0.25, 0.3) is 47.3 Å². The molecule has 0 saturated carbocycles. The molecule has 1 aromatic rings. The molecule has 2 unspecified atom stereocenters. The van der Waals surface area contributed by atoms with E-state index < -0.39 is 77.1 Å². The Labute approximate surface area is 287 Å². The minimum atomic E-state index is -1.40. The summed E-state index contributed by atoms with van der Waals surface area (Å²) in [6.45, 7) is -0.721. The van der Waals surface area contributed by atoms with Gasteiger partial charge in [0.05, 0.1) is 30.7 Å². The largest absolute Gasteiger partial charge is 0.478 e. The second kappa shape index (κ2) is 14.7. The lowest BCUT2D eigenvalue weighted by Gasteiger charge is -2.29. The summed E-state index contributed by atoms with van der Waals surface area (Å²) in [4.78, 5) is 139. The number of imide groups is 4. The normalized spacial score (nSPS) is 17.9. The zero-order valence-electron chi connectivity index (χ0n) is 26.5. The standard InChI is InChI=1S/C33H28N6O12/c40-23(3-1-21(38-29(46)9-10-30(38)47)16-36-25(42)5-6-26(36)43)34-19-13-18(33(50)51)14-20(15-19)35-24(41)4-2-22(39-31(48)11-12-32(39)49)17-37-27(44)7-8-28(37)45/h5-15,21-22H,1-4,16-17H2,(H,34,40)(H,35,41)(H,50,51). The van der Waals surface area contributed by atoms with Crippen molar-refractivity contribution in [1.29, 1.82) is 0 Å². The quantitative estimate of drug-likeness (QED) is 0.192. The molecule has 0 radical (unpaired) electrons. The number of hydrogen-bond acceptors (Lipinski definition) is 11. The molecule has 4 aliphatic rings. The van der Waals surface area contributed by atoms with E-state index in [0.29, 0.717) is 0 Å². The van der Waals surface area contributed by atoms with Gasteiger partial charge >= 0.3 is 5.97 Å². The van der Waals surface area contributed by atoms with Crippen molar-refractivity contribution < 1.29 is 57.8 Å². The average molecular weight is 701 g/mol. The van der Waals surface area contributed by atoms with E-state index in [1.54, 1.807) is 0 Å². The first kappa shape index (κ1) is 35.5. The Kier molecular flexibility index (Phi) is 10.2. The van der Waals surface area contributed by atoms with E-state index in [0.717, 1.165) is 80.3 Å². The Morgan fingerprint density at radius 3 is 1.14 bits per heavy atom. The van der Waals surface area contributed by atoms with Crippen molar-refractivity contribution in [3.8, 4) is 0 Å². The van der Waals surface area contributed by atoms with Crippen LogP contribution in [-0.4, -0.2) is 115 Å². The molecule has 262 valence electrons. The van der Waals surface area contributed by atoms with E-state index in [1.165, 1.54) is 6.07 Å². The number of amides is 10. The topological polar surface area (TPSA) is 245 Å². The van der Waals surface area contributed by atoms with Crippen LogP contribution in [0.5, 0.6) is 0 Å². The Balaban J connectivity index is 1.24. The summed E-state index contributed by atoms with van der Waals surface area (Å²) in [5.41, 5.74) is -0.423. The van der Waals surface area contributed by atoms with Gasteiger partial charge in [-0.1, -0.05) is 0 Å². The molecule has 0 saturated heterocycles. The summed E-state index contributed by atoms with van der Waals surface area (Å²) < 4.78 is 0. The summed E-state index contributed by atoms with van der Waals surface area (Å²) in [6, 6.07) is 1.38. The predicted octanol–water partition coefficient (Wildman–Crippen LogP) is -0.741. The van der Waals surface area contributed by atoms with Crippen LogP contribution in [0.2, 0.25) is 0 Å². The molecule has 5 rings (SSSR count). The SMILES string of the molecule is O=C(CCC(CN1C(=O)C=CC1=O)N1C(=O)C=CC1=O)Nc1cc(NC(=O)CCC(CN2C(=O)C=CC2=O)N2C(=O)C=CC2=O)cc(C(=O)O)c1. The van der Waals surface area contributed by atoms with Crippen molar-refractivity contribution in [3.63, 3.8) is 0 Å². The molecule has 0 aromatic heterocycles. The van der Waals surface area contributed by atoms with Gasteiger partial charge < -0.3 is 15.7 Å². The van der Waals surface area contributed by atoms with Crippen molar-refractivity contribution in [1.82, 2.24) is 19.6 Å². The molecular weight excluding hydrogens is 672 g/mol. The molecule has 3 N–H and O–H groups in total. The molecule has 2 atom stereocenters. The number of carboxylic acids is 1. The molecular formula is C33H28N6O12. The second-order valence-corrected chi connectivity index (χ2v) is 11.6. The van der Waals surface area contributed by atoms with Crippen LogP contribution in [0.1, 0.15) is 36.0 Å². The number of aromatic carboxylic acids is 1. The highest BCUT2D eigenvalue weighted by molar-refractivity contribution is 6.15. The van der Waals surface area contributed by atoms with Gasteiger partial charge in [0.1, 0.15) is 0 Å². The lowest BCUT2D eigenvalue weighted by atomic mass is 10.1. The zero-order valence-corrected chi connectivity index (χ0v) is 26.5. The first-order valence-electron chi connectivity index (χ1n) is 15.4. The molecule has 0 spiro atoms. The molecule has 0 aliphatic carbocycles. The van der Waals surface area contributed by atoms with Crippen molar-refractivity contribution in [2.24, 2.45) is 0 Å². The first-order chi connectivity index (χ1) is 24.2. The highest BCUT2D eigenvalue weighted by Crippen LogP contribution is 2.23. The Bertz CT molecular complexity index is 1730. The second-order valence-electron chi connectivity index (χ2n) is 11.6. The first-order valence-corrected chi connectivity index (χ1v) is 15.4. The van der Waals surface area contributed by atoms with E-state index in [-0.39, 0.29) is 55.7 Å². The molecule has 4 heterocycles. The van der Waals surface area contributed by atoms with Gasteiger partial charge in [-0.2, -0.15) is 0 Å². The third-order valence-electron chi connectivity index (χ3n) is 8.16. The van der Waals surface area contributed by atoms with Crippen molar-refractivity contribution in [2.45, 2.75) is 37.8 Å². The van der Waals surface area contributed by atoms with E-state index in [2.05, 4.69) is 10.6 Å². The fraction of sp³-hybridized carbons (Fsp3) is 0.242. The molecule has 0 bridgehead atoms. The molecule has 51 heavy (non-hydrogen) atoms. The van der Waals surface area contributed by atoms with Crippen LogP contribution < -0.4 is 10.6 Å². The van der Waals surface area contributed by atoms with E-state index in [1.807, 2.05) is 0 Å². The molecule has 0 fully saturated rings. The van der Waals surface area contributed by atoms with Crippen LogP contribution >= 0.6 is 0 Å². The number of anilines is 2. The lowest BCUT2D eigenvalue weighted by Crippen LogP contribution is -2.48. The minimum Gasteiger partial charge on any atom is -0.478 e. The number of nitrogens with zero attached hydrogens (tertiary/aromatic N) is 4. The van der Waals surface area contributed by atoms with Gasteiger partial charge in [-0.3, -0.25) is 67.5 Å². The van der Waals surface area contributed by atoms with Crippen LogP contribution in [0, 0.1) is 0 Å². The Hall–Kier alpha value is -6.85. The lowest BCUT2D eigenvalue weighted by molar-refractivity contribution is -0.145. The fourth-order valence-corrected chi connectivity index (χ4v) is 5.73. The van der Waals surface area contributed by atoms with Crippen LogP contribution in [-0.2, 0) is 47.9 Å². The third kappa shape index (κ3) is 8.07. The monoisotopic (exact) mass is 700 g/mol. The maximum Gasteiger partial charge on any atom is 0.335 e. The highest BCUT2D eigenvalue weighted by atomic mass is 16.4. The minimum absolute atomic E-state index is 0.0494. The van der Waals surface area contributed by atoms with Gasteiger partial charge in [-0.15, -0.1) is 0 Å². The molecule has 1 aromatic carbocycles. The van der Waals surface area contributed by atoms with E-state index in [4.69, 9.17) is 0 Å². The third-order valence-corrected chi connectivity index (χ3v) is 8.16. The number of carbonyl (C=O) groups excluding carboxylic acids is 10. The smallest absolute Gasteiger partial charge is 0.335 e. The number of hydrogen-bond donors (Lipinski definition) is 3. The highest BCUT2D eigenvalue weighted by Gasteiger charge is 2.37. The summed E-state index contributed by atoms with van der Waals surface area (Å²) in [7, 11) is 0. The number of carbonyl (C=O) groups is 11. The summed E-state index contributed by atoms with van der Waals surface area (Å²) in [5, 5.41) is 14.6. The van der Waals surface area contributed by atoms with Crippen LogP contribution in [0.4, 0.5) is 11.4 Å². The van der Waals surface area contributed by atoms with Crippen LogP contribution in [0.15, 0.2) is 66.8 Å². The van der Waals surface area contributed by atoms with E-state index >= 15 is 0 Å². The summed E-state index contributed by atoms with van der Waals surface area (Å²) >= 11 is 0. The van der Waals surface area contributed by atoms with Crippen LogP contribution in [0.25, 0.3) is 0 Å². The van der Waals surface area contributed by atoms with Crippen molar-refractivity contribution >= 4 is 76.4 Å². The zero-order chi connectivity index (χ0) is 37.0. The number of nitrogens with one attached hydrogen (secondary N) is 2. The van der Waals surface area contributed by atoms with Gasteiger partial charge in [0, 0.05) is 72.8 Å². The van der Waals surface area contributed by atoms with Crippen molar-refractivity contribution in [3.05, 3.63) is 72.4 Å². The maximum absolute atomic E-state index is 13.0. The van der Waals surface area contributed by atoms with Gasteiger partial charge in [0.2, 0.25) is 11.8 Å². The van der Waals surface area contributed by atoms with Gasteiger partial charge in [-0.05, 0) is 31.0 Å². The number of benzene rings is 1. The van der Waals surface area contributed by atoms with Gasteiger partial charge in [-0.25, -0.2) is 4.79 Å². The van der Waals surface area contributed by atoms with E-state index in [9.17, 15) is 57.8 Å². The fourth-order valence-electron chi connectivity index (χ4n) is 5.73. The number of carboxylic acid groups (broad SMARTS) is 1. The van der Waals surface area contributed by atoms with Crippen molar-refractivity contribution in [2.75, 3.05) is 23.7 Å². The molecule has 18 nitrogen and oxygen atoms in total. The van der Waals surface area contributed by atoms with Crippen LogP contribution in [0.3, 0.4) is 0 Å². The maximum atomic E-state index is 13.0. The Morgan fingerprint density at radius 2 is 0.824 bits per heavy atom. The summed E-state index contributed by atoms with van der Waals surface area (Å²) in [6.07, 6.45) is 7.18. The molecule has 18 heteroatoms. The average Bonchev–Trinajstić information content (AvgIpc) is 3.79. The molecule has 4 aliphatic heterocycles. The molecule has 10 amide bonds. The Morgan fingerprint density at radius 1 is 0.510 bits per heavy atom. The number of rotatable bonds is 15. The predicted molar refractivity (Wildman–Crippen MR) is 170 cm³/mol. The summed E-state index contributed by atoms with van der Waals surface area (Å²) in [5.74, 6) is -8.16. The van der Waals surface area contributed by atoms with Gasteiger partial charge in [0.15, 0.2) is 0 Å².